The molecule has 2 aromatic rings. The summed E-state index contributed by atoms with van der Waals surface area (Å²) in [5.74, 6) is 1.84. The maximum Gasteiger partial charge on any atom is 0.246 e. The zero-order chi connectivity index (χ0) is 21.3. The number of benzene rings is 1. The van der Waals surface area contributed by atoms with E-state index in [1.165, 1.54) is 5.56 Å². The number of aromatic nitrogens is 2. The quantitative estimate of drug-likeness (QED) is 0.299. The Morgan fingerprint density at radius 3 is 2.61 bits per heavy atom. The third kappa shape index (κ3) is 7.43. The van der Waals surface area contributed by atoms with Gasteiger partial charge in [0.05, 0.1) is 6.54 Å². The highest BCUT2D eigenvalue weighted by Crippen LogP contribution is 2.24. The highest BCUT2D eigenvalue weighted by molar-refractivity contribution is 14.0. The summed E-state index contributed by atoms with van der Waals surface area (Å²) in [7, 11) is 1.78. The van der Waals surface area contributed by atoms with Crippen molar-refractivity contribution in [1.82, 2.24) is 25.7 Å². The Morgan fingerprint density at radius 1 is 1.26 bits per heavy atom. The fraction of sp³-hybridized carbons (Fsp3) is 0.591. The van der Waals surface area contributed by atoms with Crippen molar-refractivity contribution in [3.8, 4) is 0 Å². The van der Waals surface area contributed by atoms with Crippen LogP contribution in [-0.2, 0) is 11.3 Å². The van der Waals surface area contributed by atoms with Gasteiger partial charge in [-0.2, -0.15) is 4.98 Å². The van der Waals surface area contributed by atoms with Gasteiger partial charge in [-0.25, -0.2) is 0 Å². The number of rotatable bonds is 8. The fourth-order valence-electron chi connectivity index (χ4n) is 3.75. The number of nitrogens with zero attached hydrogens (tertiary/aromatic N) is 4. The van der Waals surface area contributed by atoms with Gasteiger partial charge in [0.15, 0.2) is 11.8 Å². The Bertz CT molecular complexity index is 792. The van der Waals surface area contributed by atoms with Crippen molar-refractivity contribution in [3.05, 3.63) is 47.6 Å². The fourth-order valence-corrected chi connectivity index (χ4v) is 3.75. The molecule has 0 spiro atoms. The van der Waals surface area contributed by atoms with Crippen molar-refractivity contribution in [1.29, 1.82) is 0 Å². The summed E-state index contributed by atoms with van der Waals surface area (Å²) in [4.78, 5) is 11.3. The lowest BCUT2D eigenvalue weighted by molar-refractivity contribution is 0.0683. The number of halogens is 1. The summed E-state index contributed by atoms with van der Waals surface area (Å²) in [6, 6.07) is 11.5. The third-order valence-electron chi connectivity index (χ3n) is 5.59. The normalized spacial score (nSPS) is 17.6. The predicted molar refractivity (Wildman–Crippen MR) is 133 cm³/mol. The molecule has 9 heteroatoms. The average molecular weight is 542 g/mol. The number of nitrogens with one attached hydrogen (secondary N) is 2. The van der Waals surface area contributed by atoms with Crippen LogP contribution in [0.3, 0.4) is 0 Å². The van der Waals surface area contributed by atoms with Gasteiger partial charge >= 0.3 is 0 Å². The molecule has 1 aromatic heterocycles. The average Bonchev–Trinajstić information content (AvgIpc) is 3.26. The number of aliphatic imine (C=N–C) groups is 1. The van der Waals surface area contributed by atoms with Crippen molar-refractivity contribution in [2.24, 2.45) is 4.99 Å². The van der Waals surface area contributed by atoms with Crippen molar-refractivity contribution >= 4 is 29.9 Å². The van der Waals surface area contributed by atoms with Crippen molar-refractivity contribution < 1.29 is 9.26 Å². The van der Waals surface area contributed by atoms with Crippen LogP contribution in [0.15, 0.2) is 39.8 Å². The Kier molecular flexibility index (Phi) is 10.7. The second-order valence-corrected chi connectivity index (χ2v) is 7.61. The van der Waals surface area contributed by atoms with Gasteiger partial charge in [0, 0.05) is 38.8 Å². The van der Waals surface area contributed by atoms with Crippen molar-refractivity contribution in [3.63, 3.8) is 0 Å². The van der Waals surface area contributed by atoms with Gasteiger partial charge in [0.25, 0.3) is 0 Å². The SMILES string of the molecule is CCOC(C)c1noc(CNC(=NC)NC2CCN(C(C)c3ccccc3)CC2)n1.I. The first-order valence-electron chi connectivity index (χ1n) is 10.8. The van der Waals surface area contributed by atoms with E-state index in [1.807, 2.05) is 13.8 Å². The van der Waals surface area contributed by atoms with Crippen LogP contribution in [0.5, 0.6) is 0 Å². The molecule has 0 bridgehead atoms. The number of hydrogen-bond donors (Lipinski definition) is 2. The lowest BCUT2D eigenvalue weighted by Crippen LogP contribution is -2.48. The number of guanidine groups is 1. The summed E-state index contributed by atoms with van der Waals surface area (Å²) >= 11 is 0. The molecule has 0 aliphatic carbocycles. The van der Waals surface area contributed by atoms with Crippen LogP contribution in [0, 0.1) is 0 Å². The lowest BCUT2D eigenvalue weighted by atomic mass is 10.0. The number of piperidine rings is 1. The standard InChI is InChI=1S/C22H34N6O2.HI/c1-5-29-17(3)21-26-20(30-27-21)15-24-22(23-4)25-19-11-13-28(14-12-19)16(2)18-9-7-6-8-10-18;/h6-10,16-17,19H,5,11-15H2,1-4H3,(H2,23,24,25);1H. The van der Waals surface area contributed by atoms with Gasteiger partial charge in [-0.3, -0.25) is 9.89 Å². The van der Waals surface area contributed by atoms with Gasteiger partial charge in [-0.15, -0.1) is 24.0 Å². The first-order chi connectivity index (χ1) is 14.6. The highest BCUT2D eigenvalue weighted by atomic mass is 127. The Morgan fingerprint density at radius 2 is 1.97 bits per heavy atom. The van der Waals surface area contributed by atoms with Gasteiger partial charge in [-0.1, -0.05) is 35.5 Å². The van der Waals surface area contributed by atoms with Gasteiger partial charge in [0.1, 0.15) is 6.10 Å². The minimum atomic E-state index is -0.173. The Balaban J connectivity index is 0.00000341. The van der Waals surface area contributed by atoms with Crippen LogP contribution < -0.4 is 10.6 Å². The van der Waals surface area contributed by atoms with E-state index < -0.39 is 0 Å². The molecule has 1 fully saturated rings. The van der Waals surface area contributed by atoms with E-state index in [4.69, 9.17) is 9.26 Å². The second kappa shape index (κ2) is 13.0. The topological polar surface area (TPSA) is 87.8 Å². The molecule has 2 unspecified atom stereocenters. The van der Waals surface area contributed by atoms with Crippen LogP contribution in [0.2, 0.25) is 0 Å². The van der Waals surface area contributed by atoms with Crippen LogP contribution in [0.1, 0.15) is 63.0 Å². The molecule has 8 nitrogen and oxygen atoms in total. The molecular weight excluding hydrogens is 507 g/mol. The molecule has 2 atom stereocenters. The van der Waals surface area contributed by atoms with E-state index >= 15 is 0 Å². The minimum Gasteiger partial charge on any atom is -0.371 e. The highest BCUT2D eigenvalue weighted by Gasteiger charge is 2.24. The Labute approximate surface area is 202 Å². The maximum absolute atomic E-state index is 5.50. The monoisotopic (exact) mass is 542 g/mol. The molecule has 2 heterocycles. The van der Waals surface area contributed by atoms with E-state index in [9.17, 15) is 0 Å². The molecule has 3 rings (SSSR count). The zero-order valence-electron chi connectivity index (χ0n) is 18.9. The summed E-state index contributed by atoms with van der Waals surface area (Å²) in [6.07, 6.45) is 1.98. The number of likely N-dealkylation sites (tertiary alicyclic amines) is 1. The first kappa shape index (κ1) is 25.5. The lowest BCUT2D eigenvalue weighted by Gasteiger charge is -2.36. The van der Waals surface area contributed by atoms with Crippen LogP contribution in [-0.4, -0.2) is 53.8 Å². The molecule has 0 saturated carbocycles. The summed E-state index contributed by atoms with van der Waals surface area (Å²) in [6.45, 7) is 9.31. The molecule has 1 aliphatic heterocycles. The molecule has 0 radical (unpaired) electrons. The Hall–Kier alpha value is -1.72. The summed E-state index contributed by atoms with van der Waals surface area (Å²) in [5, 5.41) is 10.8. The first-order valence-corrected chi connectivity index (χ1v) is 10.8. The van der Waals surface area contributed by atoms with Gasteiger partial charge < -0.3 is 19.9 Å². The van der Waals surface area contributed by atoms with Crippen molar-refractivity contribution in [2.75, 3.05) is 26.7 Å². The van der Waals surface area contributed by atoms with Gasteiger partial charge in [0.2, 0.25) is 5.89 Å². The van der Waals surface area contributed by atoms with E-state index in [1.54, 1.807) is 7.05 Å². The molecule has 2 N–H and O–H groups in total. The van der Waals surface area contributed by atoms with E-state index in [-0.39, 0.29) is 30.1 Å². The zero-order valence-corrected chi connectivity index (χ0v) is 21.2. The molecule has 172 valence electrons. The summed E-state index contributed by atoms with van der Waals surface area (Å²) in [5.41, 5.74) is 1.37. The smallest absolute Gasteiger partial charge is 0.246 e. The largest absolute Gasteiger partial charge is 0.371 e. The van der Waals surface area contributed by atoms with Crippen LogP contribution >= 0.6 is 24.0 Å². The van der Waals surface area contributed by atoms with E-state index in [0.717, 1.165) is 31.9 Å². The number of hydrogen-bond acceptors (Lipinski definition) is 6. The van der Waals surface area contributed by atoms with Gasteiger partial charge in [-0.05, 0) is 39.2 Å². The third-order valence-corrected chi connectivity index (χ3v) is 5.59. The molecule has 1 saturated heterocycles. The van der Waals surface area contributed by atoms with Crippen molar-refractivity contribution in [2.45, 2.75) is 58.3 Å². The molecule has 0 amide bonds. The molecule has 1 aliphatic rings. The molecule has 31 heavy (non-hydrogen) atoms. The minimum absolute atomic E-state index is 0. The van der Waals surface area contributed by atoms with Crippen LogP contribution in [0.4, 0.5) is 0 Å². The van der Waals surface area contributed by atoms with E-state index in [0.29, 0.717) is 37.0 Å². The van der Waals surface area contributed by atoms with E-state index in [2.05, 4.69) is 67.9 Å². The molecule has 1 aromatic carbocycles. The maximum atomic E-state index is 5.50. The number of ether oxygens (including phenoxy) is 1. The second-order valence-electron chi connectivity index (χ2n) is 7.61. The predicted octanol–water partition coefficient (Wildman–Crippen LogP) is 3.68. The van der Waals surface area contributed by atoms with Crippen LogP contribution in [0.25, 0.3) is 0 Å². The summed E-state index contributed by atoms with van der Waals surface area (Å²) < 4.78 is 10.8. The molecular formula is C22H35IN6O2.